The number of nitrogens with one attached hydrogen (secondary N) is 2. The minimum absolute atomic E-state index is 0.614. The first-order chi connectivity index (χ1) is 11.8. The summed E-state index contributed by atoms with van der Waals surface area (Å²) < 4.78 is 7.53. The molecular formula is C18H27N5O. The molecule has 0 atom stereocenters. The summed E-state index contributed by atoms with van der Waals surface area (Å²) in [6.45, 7) is 5.12. The Hall–Kier alpha value is -2.50. The number of aryl methyl sites for hydroxylation is 1. The van der Waals surface area contributed by atoms with Crippen LogP contribution in [-0.4, -0.2) is 35.4 Å². The number of benzene rings is 1. The molecule has 0 aliphatic carbocycles. The Morgan fingerprint density at radius 3 is 2.71 bits per heavy atom. The Morgan fingerprint density at radius 1 is 1.17 bits per heavy atom. The average Bonchev–Trinajstić information content (AvgIpc) is 3.01. The van der Waals surface area contributed by atoms with Gasteiger partial charge in [-0.15, -0.1) is 0 Å². The number of ether oxygens (including phenoxy) is 1. The number of nitrogens with zero attached hydrogens (tertiary/aromatic N) is 3. The van der Waals surface area contributed by atoms with Gasteiger partial charge in [0.2, 0.25) is 0 Å². The van der Waals surface area contributed by atoms with Crippen LogP contribution in [-0.2, 0) is 13.6 Å². The maximum Gasteiger partial charge on any atom is 0.191 e. The predicted molar refractivity (Wildman–Crippen MR) is 97.2 cm³/mol. The minimum Gasteiger partial charge on any atom is -0.494 e. The Bertz CT molecular complexity index is 609. The number of aliphatic imine (C=N–C) groups is 1. The molecule has 0 saturated heterocycles. The second kappa shape index (κ2) is 10.3. The van der Waals surface area contributed by atoms with Crippen molar-refractivity contribution in [2.75, 3.05) is 19.7 Å². The topological polar surface area (TPSA) is 63.5 Å². The van der Waals surface area contributed by atoms with Crippen LogP contribution in [0.5, 0.6) is 5.75 Å². The number of rotatable bonds is 9. The van der Waals surface area contributed by atoms with E-state index in [1.165, 1.54) is 0 Å². The van der Waals surface area contributed by atoms with Gasteiger partial charge in [-0.25, -0.2) is 4.99 Å². The van der Waals surface area contributed by atoms with Crippen LogP contribution in [0, 0.1) is 0 Å². The summed E-state index contributed by atoms with van der Waals surface area (Å²) in [7, 11) is 1.93. The highest BCUT2D eigenvalue weighted by Crippen LogP contribution is 2.08. The molecule has 6 nitrogen and oxygen atoms in total. The van der Waals surface area contributed by atoms with E-state index in [1.54, 1.807) is 6.20 Å². The Kier molecular flexibility index (Phi) is 7.67. The van der Waals surface area contributed by atoms with E-state index < -0.39 is 0 Å². The Morgan fingerprint density at radius 2 is 2.00 bits per heavy atom. The van der Waals surface area contributed by atoms with Crippen molar-refractivity contribution in [3.8, 4) is 5.75 Å². The normalized spacial score (nSPS) is 11.3. The van der Waals surface area contributed by atoms with Gasteiger partial charge >= 0.3 is 0 Å². The lowest BCUT2D eigenvalue weighted by Crippen LogP contribution is -2.37. The lowest BCUT2D eigenvalue weighted by molar-refractivity contribution is 0.307. The third-order valence-electron chi connectivity index (χ3n) is 3.54. The molecule has 1 heterocycles. The summed E-state index contributed by atoms with van der Waals surface area (Å²) in [5.74, 6) is 1.76. The van der Waals surface area contributed by atoms with Crippen LogP contribution in [0.25, 0.3) is 0 Å². The van der Waals surface area contributed by atoms with Crippen molar-refractivity contribution in [1.29, 1.82) is 0 Å². The number of hydrogen-bond acceptors (Lipinski definition) is 3. The summed E-state index contributed by atoms with van der Waals surface area (Å²) in [5, 5.41) is 10.8. The van der Waals surface area contributed by atoms with Gasteiger partial charge in [-0.05, 0) is 38.0 Å². The highest BCUT2D eigenvalue weighted by molar-refractivity contribution is 5.79. The lowest BCUT2D eigenvalue weighted by Gasteiger charge is -2.11. The Labute approximate surface area is 143 Å². The Balaban J connectivity index is 1.65. The van der Waals surface area contributed by atoms with Crippen molar-refractivity contribution in [1.82, 2.24) is 20.4 Å². The summed E-state index contributed by atoms with van der Waals surface area (Å²) in [5.41, 5.74) is 1.09. The van der Waals surface area contributed by atoms with Crippen LogP contribution in [0.2, 0.25) is 0 Å². The van der Waals surface area contributed by atoms with Gasteiger partial charge in [0.05, 0.1) is 18.8 Å². The van der Waals surface area contributed by atoms with Crippen LogP contribution in [0.3, 0.4) is 0 Å². The number of aromatic nitrogens is 2. The van der Waals surface area contributed by atoms with Crippen LogP contribution in [0.4, 0.5) is 0 Å². The van der Waals surface area contributed by atoms with Crippen molar-refractivity contribution in [3.05, 3.63) is 48.3 Å². The maximum absolute atomic E-state index is 5.69. The zero-order valence-corrected chi connectivity index (χ0v) is 14.5. The first-order valence-corrected chi connectivity index (χ1v) is 8.46. The molecule has 0 radical (unpaired) electrons. The van der Waals surface area contributed by atoms with Crippen molar-refractivity contribution in [3.63, 3.8) is 0 Å². The number of unbranched alkanes of at least 4 members (excludes halogenated alkanes) is 1. The van der Waals surface area contributed by atoms with Crippen molar-refractivity contribution in [2.24, 2.45) is 12.0 Å². The first-order valence-electron chi connectivity index (χ1n) is 8.46. The van der Waals surface area contributed by atoms with Gasteiger partial charge in [0.15, 0.2) is 5.96 Å². The molecule has 2 N–H and O–H groups in total. The largest absolute Gasteiger partial charge is 0.494 e. The summed E-state index contributed by atoms with van der Waals surface area (Å²) in [6.07, 6.45) is 3.82. The third-order valence-corrected chi connectivity index (χ3v) is 3.54. The van der Waals surface area contributed by atoms with Gasteiger partial charge < -0.3 is 15.4 Å². The maximum atomic E-state index is 5.69. The predicted octanol–water partition coefficient (Wildman–Crippen LogP) is 2.33. The summed E-state index contributed by atoms with van der Waals surface area (Å²) >= 11 is 0. The molecule has 0 fully saturated rings. The molecular weight excluding hydrogens is 302 g/mol. The molecule has 130 valence electrons. The van der Waals surface area contributed by atoms with Crippen molar-refractivity contribution < 1.29 is 4.74 Å². The van der Waals surface area contributed by atoms with Crippen LogP contribution >= 0.6 is 0 Å². The number of guanidine groups is 1. The molecule has 0 saturated carbocycles. The van der Waals surface area contributed by atoms with Crippen LogP contribution in [0.1, 0.15) is 25.5 Å². The van der Waals surface area contributed by atoms with E-state index in [2.05, 4.69) is 27.6 Å². The van der Waals surface area contributed by atoms with Crippen LogP contribution < -0.4 is 15.4 Å². The summed E-state index contributed by atoms with van der Waals surface area (Å²) in [4.78, 5) is 4.58. The van der Waals surface area contributed by atoms with Gasteiger partial charge in [0, 0.05) is 26.3 Å². The van der Waals surface area contributed by atoms with E-state index in [9.17, 15) is 0 Å². The SMILES string of the molecule is CCNC(=NCc1ccnn1C)NCCCCOc1ccccc1. The molecule has 0 spiro atoms. The second-order valence-corrected chi connectivity index (χ2v) is 5.44. The van der Waals surface area contributed by atoms with Crippen molar-refractivity contribution >= 4 is 5.96 Å². The van der Waals surface area contributed by atoms with Gasteiger partial charge in [0.1, 0.15) is 5.75 Å². The molecule has 0 amide bonds. The minimum atomic E-state index is 0.614. The molecule has 0 unspecified atom stereocenters. The second-order valence-electron chi connectivity index (χ2n) is 5.44. The molecule has 2 rings (SSSR count). The quantitative estimate of drug-likeness (QED) is 0.421. The fraction of sp³-hybridized carbons (Fsp3) is 0.444. The molecule has 1 aromatic carbocycles. The van der Waals surface area contributed by atoms with E-state index >= 15 is 0 Å². The van der Waals surface area contributed by atoms with Gasteiger partial charge in [-0.3, -0.25) is 4.68 Å². The average molecular weight is 329 g/mol. The van der Waals surface area contributed by atoms with Crippen LogP contribution in [0.15, 0.2) is 47.6 Å². The van der Waals surface area contributed by atoms with Gasteiger partial charge in [-0.1, -0.05) is 18.2 Å². The monoisotopic (exact) mass is 329 g/mol. The molecule has 2 aromatic rings. The lowest BCUT2D eigenvalue weighted by atomic mass is 10.3. The molecule has 0 bridgehead atoms. The van der Waals surface area contributed by atoms with E-state index in [0.29, 0.717) is 6.54 Å². The number of hydrogen-bond donors (Lipinski definition) is 2. The standard InChI is InChI=1S/C18H27N5O/c1-3-19-18(21-15-16-11-13-22-23(16)2)20-12-7-8-14-24-17-9-5-4-6-10-17/h4-6,9-11,13H,3,7-8,12,14-15H2,1-2H3,(H2,19,20,21). The summed E-state index contributed by atoms with van der Waals surface area (Å²) in [6, 6.07) is 11.9. The number of para-hydroxylation sites is 1. The zero-order chi connectivity index (χ0) is 17.0. The smallest absolute Gasteiger partial charge is 0.191 e. The highest BCUT2D eigenvalue weighted by Gasteiger charge is 2.00. The molecule has 0 aliphatic heterocycles. The fourth-order valence-corrected chi connectivity index (χ4v) is 2.20. The van der Waals surface area contributed by atoms with E-state index in [4.69, 9.17) is 4.74 Å². The van der Waals surface area contributed by atoms with E-state index in [1.807, 2.05) is 48.1 Å². The van der Waals surface area contributed by atoms with Gasteiger partial charge in [-0.2, -0.15) is 5.10 Å². The molecule has 1 aromatic heterocycles. The van der Waals surface area contributed by atoms with Crippen molar-refractivity contribution in [2.45, 2.75) is 26.3 Å². The zero-order valence-electron chi connectivity index (χ0n) is 14.5. The third kappa shape index (κ3) is 6.32. The van der Waals surface area contributed by atoms with Gasteiger partial charge in [0.25, 0.3) is 0 Å². The van der Waals surface area contributed by atoms with E-state index in [0.717, 1.165) is 49.9 Å². The fourth-order valence-electron chi connectivity index (χ4n) is 2.20. The highest BCUT2D eigenvalue weighted by atomic mass is 16.5. The molecule has 24 heavy (non-hydrogen) atoms. The molecule has 0 aliphatic rings. The first kappa shape index (κ1) is 17.8. The van der Waals surface area contributed by atoms with E-state index in [-0.39, 0.29) is 0 Å². The molecule has 6 heteroatoms.